The van der Waals surface area contributed by atoms with Gasteiger partial charge in [0.2, 0.25) is 15.9 Å². The van der Waals surface area contributed by atoms with Crippen LogP contribution < -0.4 is 14.8 Å². The van der Waals surface area contributed by atoms with Crippen molar-refractivity contribution in [2.45, 2.75) is 63.3 Å². The first kappa shape index (κ1) is 22.4. The number of rotatable bonds is 10. The summed E-state index contributed by atoms with van der Waals surface area (Å²) in [6.07, 6.45) is 8.16. The summed E-state index contributed by atoms with van der Waals surface area (Å²) in [5.74, 6) is 0.477. The van der Waals surface area contributed by atoms with E-state index in [2.05, 4.69) is 16.1 Å². The number of hydrogen-bond acceptors (Lipinski definition) is 4. The molecule has 1 aliphatic rings. The van der Waals surface area contributed by atoms with Crippen LogP contribution in [0.15, 0.2) is 40.8 Å². The van der Waals surface area contributed by atoms with Crippen LogP contribution in [0.4, 0.5) is 0 Å². The van der Waals surface area contributed by atoms with Gasteiger partial charge in [-0.05, 0) is 68.7 Å². The van der Waals surface area contributed by atoms with Crippen molar-refractivity contribution < 1.29 is 17.9 Å². The summed E-state index contributed by atoms with van der Waals surface area (Å²) in [4.78, 5) is 12.8. The molecule has 2 N–H and O–H groups in total. The Kier molecular flexibility index (Phi) is 8.51. The zero-order valence-electron chi connectivity index (χ0n) is 17.0. The first-order valence-corrected chi connectivity index (χ1v) is 11.4. The Bertz CT molecular complexity index is 770. The van der Waals surface area contributed by atoms with Crippen LogP contribution in [-0.4, -0.2) is 34.0 Å². The summed E-state index contributed by atoms with van der Waals surface area (Å²) >= 11 is 0. The second-order valence-corrected chi connectivity index (χ2v) is 9.34. The number of nitrogens with one attached hydrogen (secondary N) is 2. The molecule has 1 aliphatic carbocycles. The summed E-state index contributed by atoms with van der Waals surface area (Å²) in [6, 6.07) is 5.32. The number of sulfonamides is 1. The molecule has 2 rings (SSSR count). The number of benzene rings is 1. The minimum atomic E-state index is -3.80. The van der Waals surface area contributed by atoms with Gasteiger partial charge in [0.05, 0.1) is 12.0 Å². The molecule has 0 aromatic heterocycles. The molecule has 1 amide bonds. The number of hydrogen-bond donors (Lipinski definition) is 2. The number of amides is 1. The van der Waals surface area contributed by atoms with Crippen molar-refractivity contribution in [1.82, 2.24) is 10.0 Å². The molecule has 1 aromatic carbocycles. The van der Waals surface area contributed by atoms with Gasteiger partial charge < -0.3 is 10.1 Å². The Hall–Kier alpha value is -1.86. The number of ether oxygens (including phenoxy) is 1. The second kappa shape index (κ2) is 10.6. The smallest absolute Gasteiger partial charge is 0.241 e. The molecule has 1 atom stereocenters. The van der Waals surface area contributed by atoms with Crippen LogP contribution in [-0.2, 0) is 14.8 Å². The molecule has 1 unspecified atom stereocenters. The average Bonchev–Trinajstić information content (AvgIpc) is 2.67. The highest BCUT2D eigenvalue weighted by Gasteiger charge is 2.26. The molecule has 0 radical (unpaired) electrons. The van der Waals surface area contributed by atoms with Gasteiger partial charge in [0.1, 0.15) is 11.8 Å². The fourth-order valence-electron chi connectivity index (χ4n) is 3.29. The maximum Gasteiger partial charge on any atom is 0.241 e. The van der Waals surface area contributed by atoms with Gasteiger partial charge in [-0.2, -0.15) is 4.72 Å². The number of carbonyl (C=O) groups excluding carboxylic acids is 1. The standard InChI is InChI=1S/C21H32N2O4S/c1-16(2)15-20(21(24)22-14-13-17-7-5-4-6-8-17)23-28(25,26)19-11-9-18(27-3)10-12-19/h7,9-12,16,20,23H,4-6,8,13-15H2,1-3H3,(H,22,24). The number of carbonyl (C=O) groups is 1. The maximum absolute atomic E-state index is 12.7. The van der Waals surface area contributed by atoms with E-state index in [1.165, 1.54) is 37.7 Å². The van der Waals surface area contributed by atoms with Crippen molar-refractivity contribution in [3.05, 3.63) is 35.9 Å². The summed E-state index contributed by atoms with van der Waals surface area (Å²) in [5.41, 5.74) is 1.38. The quantitative estimate of drug-likeness (QED) is 0.581. The van der Waals surface area contributed by atoms with Crippen LogP contribution in [0.1, 0.15) is 52.4 Å². The number of allylic oxidation sites excluding steroid dienone is 1. The normalized spacial score (nSPS) is 15.8. The summed E-state index contributed by atoms with van der Waals surface area (Å²) in [6.45, 7) is 4.47. The molecule has 6 nitrogen and oxygen atoms in total. The average molecular weight is 409 g/mol. The largest absolute Gasteiger partial charge is 0.497 e. The second-order valence-electron chi connectivity index (χ2n) is 7.63. The highest BCUT2D eigenvalue weighted by atomic mass is 32.2. The van der Waals surface area contributed by atoms with Gasteiger partial charge in [-0.3, -0.25) is 4.79 Å². The molecule has 28 heavy (non-hydrogen) atoms. The Morgan fingerprint density at radius 1 is 1.18 bits per heavy atom. The van der Waals surface area contributed by atoms with Gasteiger partial charge in [-0.1, -0.05) is 25.5 Å². The molecule has 0 bridgehead atoms. The van der Waals surface area contributed by atoms with Gasteiger partial charge in [0.25, 0.3) is 0 Å². The molecule has 1 aromatic rings. The van der Waals surface area contributed by atoms with Crippen molar-refractivity contribution in [3.8, 4) is 5.75 Å². The fraction of sp³-hybridized carbons (Fsp3) is 0.571. The van der Waals surface area contributed by atoms with E-state index >= 15 is 0 Å². The van der Waals surface area contributed by atoms with E-state index < -0.39 is 16.1 Å². The van der Waals surface area contributed by atoms with E-state index in [1.54, 1.807) is 12.1 Å². The van der Waals surface area contributed by atoms with E-state index in [0.717, 1.165) is 19.3 Å². The van der Waals surface area contributed by atoms with E-state index in [1.807, 2.05) is 13.8 Å². The molecule has 0 aliphatic heterocycles. The molecular formula is C21H32N2O4S. The van der Waals surface area contributed by atoms with Crippen molar-refractivity contribution in [2.75, 3.05) is 13.7 Å². The Morgan fingerprint density at radius 2 is 1.89 bits per heavy atom. The Morgan fingerprint density at radius 3 is 2.46 bits per heavy atom. The lowest BCUT2D eigenvalue weighted by molar-refractivity contribution is -0.123. The Labute approximate surface area is 168 Å². The van der Waals surface area contributed by atoms with Crippen LogP contribution in [0.25, 0.3) is 0 Å². The summed E-state index contributed by atoms with van der Waals surface area (Å²) < 4.78 is 33.1. The predicted octanol–water partition coefficient (Wildman–Crippen LogP) is 3.39. The van der Waals surface area contributed by atoms with Crippen LogP contribution in [0, 0.1) is 5.92 Å². The van der Waals surface area contributed by atoms with Crippen molar-refractivity contribution in [3.63, 3.8) is 0 Å². The van der Waals surface area contributed by atoms with Crippen molar-refractivity contribution >= 4 is 15.9 Å². The zero-order valence-corrected chi connectivity index (χ0v) is 17.8. The van der Waals surface area contributed by atoms with Gasteiger partial charge in [-0.15, -0.1) is 0 Å². The van der Waals surface area contributed by atoms with Crippen LogP contribution in [0.2, 0.25) is 0 Å². The first-order valence-electron chi connectivity index (χ1n) is 9.94. The molecule has 0 spiro atoms. The topological polar surface area (TPSA) is 84.5 Å². The van der Waals surface area contributed by atoms with Crippen LogP contribution >= 0.6 is 0 Å². The third-order valence-electron chi connectivity index (χ3n) is 4.82. The van der Waals surface area contributed by atoms with E-state index in [0.29, 0.717) is 18.7 Å². The van der Waals surface area contributed by atoms with Crippen molar-refractivity contribution in [2.24, 2.45) is 5.92 Å². The number of methoxy groups -OCH3 is 1. The molecular weight excluding hydrogens is 376 g/mol. The monoisotopic (exact) mass is 408 g/mol. The minimum absolute atomic E-state index is 0.113. The van der Waals surface area contributed by atoms with Gasteiger partial charge in [-0.25, -0.2) is 8.42 Å². The third kappa shape index (κ3) is 6.95. The lowest BCUT2D eigenvalue weighted by Crippen LogP contribution is -2.47. The van der Waals surface area contributed by atoms with Crippen LogP contribution in [0.3, 0.4) is 0 Å². The first-order chi connectivity index (χ1) is 13.3. The third-order valence-corrected chi connectivity index (χ3v) is 6.31. The highest BCUT2D eigenvalue weighted by Crippen LogP contribution is 2.20. The SMILES string of the molecule is COc1ccc(S(=O)(=O)NC(CC(C)C)C(=O)NCCC2=CCCCC2)cc1. The molecule has 0 saturated carbocycles. The van der Waals surface area contributed by atoms with Crippen LogP contribution in [0.5, 0.6) is 5.75 Å². The molecule has 7 heteroatoms. The van der Waals surface area contributed by atoms with E-state index in [9.17, 15) is 13.2 Å². The van der Waals surface area contributed by atoms with Gasteiger partial charge in [0.15, 0.2) is 0 Å². The molecule has 0 saturated heterocycles. The molecule has 0 fully saturated rings. The summed E-state index contributed by atoms with van der Waals surface area (Å²) in [5, 5.41) is 2.90. The lowest BCUT2D eigenvalue weighted by Gasteiger charge is -2.21. The van der Waals surface area contributed by atoms with Gasteiger partial charge in [0, 0.05) is 6.54 Å². The van der Waals surface area contributed by atoms with E-state index in [-0.39, 0.29) is 16.7 Å². The lowest BCUT2D eigenvalue weighted by atomic mass is 9.97. The maximum atomic E-state index is 12.7. The zero-order chi connectivity index (χ0) is 20.6. The highest BCUT2D eigenvalue weighted by molar-refractivity contribution is 7.89. The predicted molar refractivity (Wildman–Crippen MR) is 111 cm³/mol. The van der Waals surface area contributed by atoms with E-state index in [4.69, 9.17) is 4.74 Å². The minimum Gasteiger partial charge on any atom is -0.497 e. The molecule has 0 heterocycles. The fourth-order valence-corrected chi connectivity index (χ4v) is 4.50. The van der Waals surface area contributed by atoms with Crippen molar-refractivity contribution in [1.29, 1.82) is 0 Å². The van der Waals surface area contributed by atoms with Gasteiger partial charge >= 0.3 is 0 Å². The Balaban J connectivity index is 2.00. The molecule has 156 valence electrons. The summed E-state index contributed by atoms with van der Waals surface area (Å²) in [7, 11) is -2.28.